The summed E-state index contributed by atoms with van der Waals surface area (Å²) >= 11 is 0. The van der Waals surface area contributed by atoms with Crippen LogP contribution in [0.1, 0.15) is 11.5 Å². The van der Waals surface area contributed by atoms with E-state index in [1.54, 1.807) is 4.90 Å². The maximum absolute atomic E-state index is 12.8. The third-order valence-electron chi connectivity index (χ3n) is 4.22. The van der Waals surface area contributed by atoms with Gasteiger partial charge >= 0.3 is 5.97 Å². The highest BCUT2D eigenvalue weighted by Gasteiger charge is 2.70. The standard InChI is InChI=1S/C15H14N2O4/c18-13(17-6-8-20-9-7-17)15-11(10-4-2-1-3-5-10)12(16-15)21-14(15)19/h1-5,11H,6-9H2. The van der Waals surface area contributed by atoms with E-state index < -0.39 is 11.5 Å². The predicted molar refractivity (Wildman–Crippen MR) is 72.8 cm³/mol. The number of ether oxygens (including phenoxy) is 2. The van der Waals surface area contributed by atoms with Crippen molar-refractivity contribution in [2.24, 2.45) is 4.99 Å². The number of rotatable bonds is 2. The van der Waals surface area contributed by atoms with Crippen molar-refractivity contribution in [2.45, 2.75) is 11.5 Å². The molecule has 6 nitrogen and oxygen atoms in total. The number of morpholine rings is 1. The van der Waals surface area contributed by atoms with Crippen LogP contribution in [0.2, 0.25) is 0 Å². The van der Waals surface area contributed by atoms with Crippen molar-refractivity contribution < 1.29 is 19.1 Å². The molecule has 2 atom stereocenters. The summed E-state index contributed by atoms with van der Waals surface area (Å²) in [6.07, 6.45) is 0. The molecule has 2 unspecified atom stereocenters. The molecule has 1 aromatic carbocycles. The number of nitrogens with zero attached hydrogens (tertiary/aromatic N) is 2. The number of hydrogen-bond acceptors (Lipinski definition) is 5. The number of hydrogen-bond donors (Lipinski definition) is 0. The summed E-state index contributed by atoms with van der Waals surface area (Å²) in [6.45, 7) is 1.95. The Labute approximate surface area is 121 Å². The first-order valence-corrected chi connectivity index (χ1v) is 6.97. The van der Waals surface area contributed by atoms with E-state index >= 15 is 0 Å². The number of carbonyl (C=O) groups excluding carboxylic acids is 2. The van der Waals surface area contributed by atoms with Crippen molar-refractivity contribution in [1.29, 1.82) is 0 Å². The van der Waals surface area contributed by atoms with Crippen LogP contribution in [0.4, 0.5) is 0 Å². The molecule has 0 aromatic heterocycles. The second kappa shape index (κ2) is 4.39. The number of benzene rings is 1. The molecule has 4 aliphatic heterocycles. The molecule has 2 saturated heterocycles. The second-order valence-corrected chi connectivity index (χ2v) is 5.35. The fraction of sp³-hybridized carbons (Fsp3) is 0.400. The Bertz CT molecular complexity index is 636. The van der Waals surface area contributed by atoms with Crippen LogP contribution in [0.15, 0.2) is 35.3 Å². The summed E-state index contributed by atoms with van der Waals surface area (Å²) < 4.78 is 10.4. The zero-order chi connectivity index (χ0) is 14.4. The maximum atomic E-state index is 12.8. The molecule has 2 bridgehead atoms. The van der Waals surface area contributed by atoms with Gasteiger partial charge in [0.25, 0.3) is 11.4 Å². The van der Waals surface area contributed by atoms with Gasteiger partial charge in [-0.15, -0.1) is 0 Å². The molecule has 6 heteroatoms. The van der Waals surface area contributed by atoms with E-state index in [4.69, 9.17) is 9.47 Å². The van der Waals surface area contributed by atoms with Crippen molar-refractivity contribution in [3.63, 3.8) is 0 Å². The van der Waals surface area contributed by atoms with Crippen LogP contribution < -0.4 is 0 Å². The van der Waals surface area contributed by atoms with Gasteiger partial charge in [0.2, 0.25) is 5.90 Å². The van der Waals surface area contributed by atoms with Crippen molar-refractivity contribution >= 4 is 17.8 Å². The molecular weight excluding hydrogens is 272 g/mol. The van der Waals surface area contributed by atoms with Crippen LogP contribution >= 0.6 is 0 Å². The molecule has 1 amide bonds. The van der Waals surface area contributed by atoms with Crippen LogP contribution in [-0.2, 0) is 19.1 Å². The summed E-state index contributed by atoms with van der Waals surface area (Å²) in [5, 5.41) is 0. The summed E-state index contributed by atoms with van der Waals surface area (Å²) in [7, 11) is 0. The van der Waals surface area contributed by atoms with Crippen molar-refractivity contribution in [1.82, 2.24) is 4.90 Å². The lowest BCUT2D eigenvalue weighted by molar-refractivity contribution is -0.150. The predicted octanol–water partition coefficient (Wildman–Crippen LogP) is 0.337. The number of esters is 1. The Morgan fingerprint density at radius 2 is 1.95 bits per heavy atom. The molecule has 0 saturated carbocycles. The summed E-state index contributed by atoms with van der Waals surface area (Å²) in [4.78, 5) is 30.8. The Morgan fingerprint density at radius 1 is 1.24 bits per heavy atom. The van der Waals surface area contributed by atoms with Gasteiger partial charge in [-0.05, 0) is 5.56 Å². The van der Waals surface area contributed by atoms with E-state index in [0.29, 0.717) is 32.2 Å². The second-order valence-electron chi connectivity index (χ2n) is 5.35. The van der Waals surface area contributed by atoms with Crippen molar-refractivity contribution in [2.75, 3.05) is 26.3 Å². The first-order valence-electron chi connectivity index (χ1n) is 6.97. The molecule has 0 aliphatic carbocycles. The van der Waals surface area contributed by atoms with E-state index in [2.05, 4.69) is 4.99 Å². The van der Waals surface area contributed by atoms with Crippen molar-refractivity contribution in [3.05, 3.63) is 35.9 Å². The number of aliphatic imine (C=N–C) groups is 1. The van der Waals surface area contributed by atoms with E-state index in [1.807, 2.05) is 30.3 Å². The van der Waals surface area contributed by atoms with Crippen LogP contribution in [-0.4, -0.2) is 54.5 Å². The van der Waals surface area contributed by atoms with Gasteiger partial charge in [-0.1, -0.05) is 30.3 Å². The lowest BCUT2D eigenvalue weighted by Gasteiger charge is -2.37. The van der Waals surface area contributed by atoms with Crippen molar-refractivity contribution in [3.8, 4) is 0 Å². The van der Waals surface area contributed by atoms with Gasteiger partial charge in [-0.25, -0.2) is 9.79 Å². The molecular formula is C15H14N2O4. The lowest BCUT2D eigenvalue weighted by Crippen LogP contribution is -2.59. The SMILES string of the molecule is O=C1OC2=NC1(C(=O)N1CCOCC1)C2c1ccccc1. The van der Waals surface area contributed by atoms with Crippen LogP contribution in [0.25, 0.3) is 0 Å². The lowest BCUT2D eigenvalue weighted by atomic mass is 9.75. The molecule has 1 aromatic rings. The Hall–Kier alpha value is -2.21. The van der Waals surface area contributed by atoms with E-state index in [0.717, 1.165) is 5.56 Å². The summed E-state index contributed by atoms with van der Waals surface area (Å²) in [5.74, 6) is -0.858. The molecule has 0 radical (unpaired) electrons. The van der Waals surface area contributed by atoms with Gasteiger partial charge < -0.3 is 14.4 Å². The number of amides is 1. The highest BCUT2D eigenvalue weighted by molar-refractivity contribution is 6.26. The smallest absolute Gasteiger partial charge is 0.351 e. The molecule has 4 aliphatic rings. The zero-order valence-corrected chi connectivity index (χ0v) is 11.3. The highest BCUT2D eigenvalue weighted by Crippen LogP contribution is 2.49. The van der Waals surface area contributed by atoms with Crippen LogP contribution in [0, 0.1) is 0 Å². The summed E-state index contributed by atoms with van der Waals surface area (Å²) in [6, 6.07) is 9.44. The van der Waals surface area contributed by atoms with Gasteiger partial charge in [-0.2, -0.15) is 0 Å². The molecule has 108 valence electrons. The van der Waals surface area contributed by atoms with E-state index in [1.165, 1.54) is 0 Å². The fourth-order valence-electron chi connectivity index (χ4n) is 3.13. The minimum absolute atomic E-state index is 0.272. The summed E-state index contributed by atoms with van der Waals surface area (Å²) in [5.41, 5.74) is -0.524. The number of carbonyl (C=O) groups is 2. The quantitative estimate of drug-likeness (QED) is 0.580. The normalized spacial score (nSPS) is 30.5. The maximum Gasteiger partial charge on any atom is 0.351 e. The fourth-order valence-corrected chi connectivity index (χ4v) is 3.13. The largest absolute Gasteiger partial charge is 0.409 e. The molecule has 21 heavy (non-hydrogen) atoms. The third-order valence-corrected chi connectivity index (χ3v) is 4.22. The average molecular weight is 286 g/mol. The molecule has 0 spiro atoms. The zero-order valence-electron chi connectivity index (χ0n) is 11.3. The van der Waals surface area contributed by atoms with Gasteiger partial charge in [-0.3, -0.25) is 4.79 Å². The molecule has 0 N–H and O–H groups in total. The topological polar surface area (TPSA) is 68.2 Å². The number of fused-ring (bicyclic) bond motifs is 1. The Morgan fingerprint density at radius 3 is 2.62 bits per heavy atom. The minimum Gasteiger partial charge on any atom is -0.409 e. The van der Waals surface area contributed by atoms with E-state index in [9.17, 15) is 9.59 Å². The van der Waals surface area contributed by atoms with E-state index in [-0.39, 0.29) is 11.8 Å². The monoisotopic (exact) mass is 286 g/mol. The first-order chi connectivity index (χ1) is 10.2. The van der Waals surface area contributed by atoms with Crippen LogP contribution in [0.3, 0.4) is 0 Å². The minimum atomic E-state index is -1.41. The Balaban J connectivity index is 1.70. The van der Waals surface area contributed by atoms with Crippen LogP contribution in [0.5, 0.6) is 0 Å². The van der Waals surface area contributed by atoms with Gasteiger partial charge in [0.1, 0.15) is 5.92 Å². The highest BCUT2D eigenvalue weighted by atomic mass is 16.6. The van der Waals surface area contributed by atoms with Gasteiger partial charge in [0.05, 0.1) is 13.2 Å². The molecule has 5 rings (SSSR count). The third kappa shape index (κ3) is 1.59. The molecule has 4 heterocycles. The molecule has 2 fully saturated rings. The first kappa shape index (κ1) is 12.5. The average Bonchev–Trinajstić information content (AvgIpc) is 3.00. The Kier molecular flexibility index (Phi) is 2.62. The van der Waals surface area contributed by atoms with Gasteiger partial charge in [0, 0.05) is 13.1 Å². The van der Waals surface area contributed by atoms with Gasteiger partial charge in [0.15, 0.2) is 0 Å².